The Labute approximate surface area is 191 Å². The van der Waals surface area contributed by atoms with Gasteiger partial charge in [0.25, 0.3) is 0 Å². The first-order valence-electron chi connectivity index (χ1n) is 11.6. The summed E-state index contributed by atoms with van der Waals surface area (Å²) in [5.41, 5.74) is 4.65. The summed E-state index contributed by atoms with van der Waals surface area (Å²) < 4.78 is 2.30. The second-order valence-corrected chi connectivity index (χ2v) is 8.68. The van der Waals surface area contributed by atoms with Crippen LogP contribution in [-0.2, 0) is 0 Å². The highest BCUT2D eigenvalue weighted by atomic mass is 16.1. The topological polar surface area (TPSA) is 75.1 Å². The summed E-state index contributed by atoms with van der Waals surface area (Å²) in [5, 5.41) is 6.52. The molecule has 0 spiro atoms. The van der Waals surface area contributed by atoms with Crippen LogP contribution in [-0.4, -0.2) is 20.6 Å². The Hall–Kier alpha value is -3.93. The van der Waals surface area contributed by atoms with E-state index in [1.807, 2.05) is 6.07 Å². The Kier molecular flexibility index (Phi) is 4.91. The number of nitrogens with zero attached hydrogens (tertiary/aromatic N) is 3. The first-order chi connectivity index (χ1) is 16.2. The minimum atomic E-state index is -0.123. The van der Waals surface area contributed by atoms with Crippen LogP contribution in [0.3, 0.4) is 0 Å². The number of aromatic amines is 1. The van der Waals surface area contributed by atoms with Crippen molar-refractivity contribution in [2.24, 2.45) is 4.99 Å². The zero-order valence-corrected chi connectivity index (χ0v) is 18.3. The molecule has 2 heterocycles. The molecule has 6 heteroatoms. The van der Waals surface area contributed by atoms with Crippen molar-refractivity contribution in [1.29, 1.82) is 0 Å². The fourth-order valence-electron chi connectivity index (χ4n) is 4.47. The number of benzene rings is 2. The van der Waals surface area contributed by atoms with Crippen molar-refractivity contribution in [3.63, 3.8) is 0 Å². The zero-order valence-electron chi connectivity index (χ0n) is 18.3. The third-order valence-corrected chi connectivity index (χ3v) is 6.39. The molecule has 2 aromatic rings. The number of pyridine rings is 1. The predicted molar refractivity (Wildman–Crippen MR) is 131 cm³/mol. The Morgan fingerprint density at radius 3 is 2.64 bits per heavy atom. The highest BCUT2D eigenvalue weighted by molar-refractivity contribution is 5.70. The van der Waals surface area contributed by atoms with Gasteiger partial charge in [-0.3, -0.25) is 9.79 Å². The normalized spacial score (nSPS) is 15.9. The van der Waals surface area contributed by atoms with Gasteiger partial charge in [-0.25, -0.2) is 4.98 Å². The minimum Gasteiger partial charge on any atom is -0.353 e. The highest BCUT2D eigenvalue weighted by Crippen LogP contribution is 2.25. The highest BCUT2D eigenvalue weighted by Gasteiger charge is 2.19. The van der Waals surface area contributed by atoms with Crippen LogP contribution in [0.15, 0.2) is 70.6 Å². The Bertz CT molecular complexity index is 1520. The van der Waals surface area contributed by atoms with Gasteiger partial charge in [-0.05, 0) is 62.4 Å². The van der Waals surface area contributed by atoms with Crippen LogP contribution in [0, 0.1) is 0 Å². The van der Waals surface area contributed by atoms with Gasteiger partial charge in [0.1, 0.15) is 0 Å². The van der Waals surface area contributed by atoms with Gasteiger partial charge in [0.05, 0.1) is 44.9 Å². The number of aromatic nitrogens is 3. The van der Waals surface area contributed by atoms with Crippen LogP contribution in [0.4, 0.5) is 11.4 Å². The Balaban J connectivity index is 1.63. The third-order valence-electron chi connectivity index (χ3n) is 6.39. The van der Waals surface area contributed by atoms with Crippen LogP contribution in [0.25, 0.3) is 29.2 Å². The van der Waals surface area contributed by atoms with E-state index < -0.39 is 0 Å². The van der Waals surface area contributed by atoms with Crippen LogP contribution >= 0.6 is 0 Å². The third kappa shape index (κ3) is 3.78. The Morgan fingerprint density at radius 2 is 1.88 bits per heavy atom. The van der Waals surface area contributed by atoms with Crippen molar-refractivity contribution in [2.75, 3.05) is 5.32 Å². The summed E-state index contributed by atoms with van der Waals surface area (Å²) >= 11 is 0. The molecule has 0 unspecified atom stereocenters. The molecule has 0 radical (unpaired) electrons. The largest absolute Gasteiger partial charge is 0.353 e. The van der Waals surface area contributed by atoms with Gasteiger partial charge in [-0.1, -0.05) is 30.4 Å². The molecule has 1 aromatic carbocycles. The fraction of sp³-hybridized carbons (Fsp3) is 0.222. The molecule has 3 aliphatic carbocycles. The van der Waals surface area contributed by atoms with Crippen molar-refractivity contribution in [3.05, 3.63) is 87.2 Å². The number of anilines is 2. The van der Waals surface area contributed by atoms with Gasteiger partial charge < -0.3 is 14.9 Å². The van der Waals surface area contributed by atoms with Gasteiger partial charge >= 0.3 is 0 Å². The lowest BCUT2D eigenvalue weighted by molar-refractivity contribution is 0.413. The molecule has 1 aromatic heterocycles. The summed E-state index contributed by atoms with van der Waals surface area (Å²) in [5.74, 6) is 0. The van der Waals surface area contributed by atoms with E-state index in [9.17, 15) is 4.79 Å². The summed E-state index contributed by atoms with van der Waals surface area (Å²) in [6, 6.07) is 18.4. The van der Waals surface area contributed by atoms with E-state index in [0.717, 1.165) is 70.2 Å². The maximum Gasteiger partial charge on any atom is 0.248 e. The second kappa shape index (κ2) is 8.20. The number of fused-ring (bicyclic) bond motifs is 2. The molecule has 33 heavy (non-hydrogen) atoms. The monoisotopic (exact) mass is 435 g/mol. The van der Waals surface area contributed by atoms with Crippen molar-refractivity contribution in [2.45, 2.75) is 38.1 Å². The molecule has 164 valence electrons. The number of H-pyrrole nitrogens is 1. The maximum atomic E-state index is 11.5. The molecular formula is C27H25N5O. The molecule has 0 atom stereocenters. The van der Waals surface area contributed by atoms with Gasteiger partial charge in [0.2, 0.25) is 5.56 Å². The molecule has 4 aliphatic rings. The molecule has 6 nitrogen and oxygen atoms in total. The number of nitrogens with one attached hydrogen (secondary N) is 2. The lowest BCUT2D eigenvalue weighted by Crippen LogP contribution is -2.40. The summed E-state index contributed by atoms with van der Waals surface area (Å²) in [6.45, 7) is 0. The lowest BCUT2D eigenvalue weighted by Gasteiger charge is -2.23. The SMILES string of the molecule is O=c1ccc(Nc2cc3nc4c(n(-c5ccccc5)c-3cc2=NC2CCC2)=CCCC=4)c[nH]1. The first kappa shape index (κ1) is 19.7. The van der Waals surface area contributed by atoms with Gasteiger partial charge in [-0.2, -0.15) is 0 Å². The van der Waals surface area contributed by atoms with E-state index >= 15 is 0 Å². The number of hydrogen-bond acceptors (Lipinski definition) is 4. The average molecular weight is 436 g/mol. The van der Waals surface area contributed by atoms with E-state index in [1.54, 1.807) is 12.3 Å². The van der Waals surface area contributed by atoms with E-state index in [2.05, 4.69) is 63.4 Å². The molecule has 1 saturated carbocycles. The molecule has 6 rings (SSSR count). The van der Waals surface area contributed by atoms with Crippen molar-refractivity contribution in [1.82, 2.24) is 14.5 Å². The van der Waals surface area contributed by atoms with Gasteiger partial charge in [0, 0.05) is 18.0 Å². The van der Waals surface area contributed by atoms with E-state index in [0.29, 0.717) is 6.04 Å². The van der Waals surface area contributed by atoms with Gasteiger partial charge in [-0.15, -0.1) is 0 Å². The predicted octanol–water partition coefficient (Wildman–Crippen LogP) is 3.22. The van der Waals surface area contributed by atoms with Crippen molar-refractivity contribution >= 4 is 23.5 Å². The first-order valence-corrected chi connectivity index (χ1v) is 11.6. The van der Waals surface area contributed by atoms with E-state index in [1.165, 1.54) is 12.5 Å². The number of rotatable bonds is 4. The average Bonchev–Trinajstić information content (AvgIpc) is 2.82. The van der Waals surface area contributed by atoms with Crippen LogP contribution in [0.5, 0.6) is 0 Å². The quantitative estimate of drug-likeness (QED) is 0.517. The van der Waals surface area contributed by atoms with Crippen LogP contribution in [0.1, 0.15) is 32.1 Å². The second-order valence-electron chi connectivity index (χ2n) is 8.68. The molecular weight excluding hydrogens is 410 g/mol. The number of hydrogen-bond donors (Lipinski definition) is 2. The molecule has 0 amide bonds. The number of para-hydroxylation sites is 1. The maximum absolute atomic E-state index is 11.5. The summed E-state index contributed by atoms with van der Waals surface area (Å²) in [7, 11) is 0. The van der Waals surface area contributed by atoms with E-state index in [-0.39, 0.29) is 5.56 Å². The van der Waals surface area contributed by atoms with Crippen molar-refractivity contribution < 1.29 is 0 Å². The summed E-state index contributed by atoms with van der Waals surface area (Å²) in [6.07, 6.45) is 11.7. The minimum absolute atomic E-state index is 0.123. The van der Waals surface area contributed by atoms with Crippen LogP contribution < -0.4 is 26.9 Å². The zero-order chi connectivity index (χ0) is 22.2. The van der Waals surface area contributed by atoms with Crippen molar-refractivity contribution in [3.8, 4) is 17.1 Å². The molecule has 1 aliphatic heterocycles. The van der Waals surface area contributed by atoms with Crippen LogP contribution in [0.2, 0.25) is 0 Å². The summed E-state index contributed by atoms with van der Waals surface area (Å²) in [4.78, 5) is 24.3. The van der Waals surface area contributed by atoms with Gasteiger partial charge in [0.15, 0.2) is 0 Å². The smallest absolute Gasteiger partial charge is 0.248 e. The molecule has 2 N–H and O–H groups in total. The standard InChI is InChI=1S/C27H25N5O/c33-27-14-13-19(17-28-27)30-22-15-24-26(16-23(22)29-18-7-6-8-18)32(20-9-2-1-3-10-20)25-12-5-4-11-21(25)31-24/h1-3,9-18,30H,4-8H2,(H,28,33). The fourth-order valence-corrected chi connectivity index (χ4v) is 4.47. The lowest BCUT2D eigenvalue weighted by atomic mass is 9.94. The Morgan fingerprint density at radius 1 is 1.03 bits per heavy atom. The van der Waals surface area contributed by atoms with E-state index in [4.69, 9.17) is 9.98 Å². The molecule has 0 saturated heterocycles. The molecule has 1 fully saturated rings. The molecule has 0 bridgehead atoms.